The highest BCUT2D eigenvalue weighted by atomic mass is 127. The molecule has 32 heavy (non-hydrogen) atoms. The van der Waals surface area contributed by atoms with Gasteiger partial charge in [-0.25, -0.2) is 4.98 Å². The summed E-state index contributed by atoms with van der Waals surface area (Å²) < 4.78 is 10.9. The number of halogens is 1. The number of rotatable bonds is 9. The van der Waals surface area contributed by atoms with E-state index in [0.717, 1.165) is 63.9 Å². The largest absolute Gasteiger partial charge is 0.497 e. The second kappa shape index (κ2) is 14.0. The number of methoxy groups -OCH3 is 1. The Kier molecular flexibility index (Phi) is 11.7. The third-order valence-corrected chi connectivity index (χ3v) is 6.65. The molecule has 1 aliphatic heterocycles. The van der Waals surface area contributed by atoms with Gasteiger partial charge >= 0.3 is 0 Å². The van der Waals surface area contributed by atoms with Crippen molar-refractivity contribution in [2.45, 2.75) is 32.7 Å². The van der Waals surface area contributed by atoms with Gasteiger partial charge in [-0.05, 0) is 31.0 Å². The molecule has 1 saturated heterocycles. The first kappa shape index (κ1) is 26.8. The van der Waals surface area contributed by atoms with Crippen LogP contribution >= 0.6 is 35.3 Å². The molecule has 0 bridgehead atoms. The van der Waals surface area contributed by atoms with Gasteiger partial charge in [-0.2, -0.15) is 0 Å². The molecule has 0 radical (unpaired) electrons. The number of nitrogens with zero attached hydrogens (tertiary/aromatic N) is 3. The molecule has 0 amide bonds. The predicted molar refractivity (Wildman–Crippen MR) is 143 cm³/mol. The first-order valence-electron chi connectivity index (χ1n) is 11.0. The Morgan fingerprint density at radius 2 is 1.97 bits per heavy atom. The zero-order valence-corrected chi connectivity index (χ0v) is 22.7. The van der Waals surface area contributed by atoms with Crippen LogP contribution < -0.4 is 15.4 Å². The van der Waals surface area contributed by atoms with Crippen molar-refractivity contribution < 1.29 is 9.47 Å². The van der Waals surface area contributed by atoms with E-state index in [-0.39, 0.29) is 30.0 Å². The number of morpholine rings is 1. The van der Waals surface area contributed by atoms with E-state index in [1.807, 2.05) is 19.2 Å². The van der Waals surface area contributed by atoms with Crippen LogP contribution in [0.2, 0.25) is 0 Å². The van der Waals surface area contributed by atoms with E-state index < -0.39 is 0 Å². The Balaban J connectivity index is 0.00000363. The molecule has 0 aliphatic carbocycles. The molecule has 1 aromatic heterocycles. The first-order chi connectivity index (χ1) is 15.1. The summed E-state index contributed by atoms with van der Waals surface area (Å²) >= 11 is 1.80. The maximum atomic E-state index is 5.56. The van der Waals surface area contributed by atoms with Gasteiger partial charge in [0, 0.05) is 44.5 Å². The molecule has 9 heteroatoms. The lowest BCUT2D eigenvalue weighted by atomic mass is 10.0. The SMILES string of the molecule is CCc1nc(CCNC(=NC)NCC(c2ccc(OC)cc2)N2CCOCC2)sc1C.I. The van der Waals surface area contributed by atoms with Crippen LogP contribution in [0.15, 0.2) is 29.3 Å². The Labute approximate surface area is 213 Å². The van der Waals surface area contributed by atoms with E-state index in [9.17, 15) is 0 Å². The maximum Gasteiger partial charge on any atom is 0.191 e. The van der Waals surface area contributed by atoms with Gasteiger partial charge in [-0.1, -0.05) is 19.1 Å². The lowest BCUT2D eigenvalue weighted by molar-refractivity contribution is 0.0170. The van der Waals surface area contributed by atoms with E-state index >= 15 is 0 Å². The van der Waals surface area contributed by atoms with Gasteiger partial charge in [-0.3, -0.25) is 9.89 Å². The molecule has 1 atom stereocenters. The fourth-order valence-corrected chi connectivity index (χ4v) is 4.82. The second-order valence-electron chi connectivity index (χ2n) is 7.53. The van der Waals surface area contributed by atoms with Crippen molar-refractivity contribution in [1.82, 2.24) is 20.5 Å². The number of hydrogen-bond donors (Lipinski definition) is 2. The fourth-order valence-electron chi connectivity index (χ4n) is 3.80. The Morgan fingerprint density at radius 1 is 1.25 bits per heavy atom. The quantitative estimate of drug-likeness (QED) is 0.272. The highest BCUT2D eigenvalue weighted by molar-refractivity contribution is 14.0. The summed E-state index contributed by atoms with van der Waals surface area (Å²) in [5.74, 6) is 1.69. The molecule has 1 aromatic carbocycles. The van der Waals surface area contributed by atoms with Gasteiger partial charge in [-0.15, -0.1) is 35.3 Å². The van der Waals surface area contributed by atoms with Crippen LogP contribution in [0.1, 0.15) is 34.1 Å². The predicted octanol–water partition coefficient (Wildman–Crippen LogP) is 3.42. The number of benzene rings is 1. The number of nitrogens with one attached hydrogen (secondary N) is 2. The number of aliphatic imine (C=N–C) groups is 1. The maximum absolute atomic E-state index is 5.56. The van der Waals surface area contributed by atoms with Crippen molar-refractivity contribution in [3.05, 3.63) is 45.4 Å². The van der Waals surface area contributed by atoms with Gasteiger partial charge in [0.25, 0.3) is 0 Å². The van der Waals surface area contributed by atoms with E-state index in [1.165, 1.54) is 21.1 Å². The van der Waals surface area contributed by atoms with E-state index in [4.69, 9.17) is 14.5 Å². The zero-order valence-electron chi connectivity index (χ0n) is 19.5. The number of aryl methyl sites for hydroxylation is 2. The molecule has 3 rings (SSSR count). The van der Waals surface area contributed by atoms with E-state index in [2.05, 4.69) is 46.5 Å². The molecule has 1 aliphatic rings. The molecular formula is C23H36IN5O2S. The zero-order chi connectivity index (χ0) is 22.1. The van der Waals surface area contributed by atoms with Crippen LogP contribution in [-0.2, 0) is 17.6 Å². The van der Waals surface area contributed by atoms with Crippen LogP contribution in [0.25, 0.3) is 0 Å². The number of hydrogen-bond acceptors (Lipinski definition) is 6. The van der Waals surface area contributed by atoms with Crippen molar-refractivity contribution in [3.63, 3.8) is 0 Å². The molecule has 7 nitrogen and oxygen atoms in total. The molecule has 2 heterocycles. The van der Waals surface area contributed by atoms with E-state index in [0.29, 0.717) is 0 Å². The summed E-state index contributed by atoms with van der Waals surface area (Å²) in [7, 11) is 3.51. The monoisotopic (exact) mass is 573 g/mol. The minimum Gasteiger partial charge on any atom is -0.497 e. The first-order valence-corrected chi connectivity index (χ1v) is 11.8. The minimum atomic E-state index is 0. The number of aromatic nitrogens is 1. The Morgan fingerprint density at radius 3 is 2.56 bits per heavy atom. The second-order valence-corrected chi connectivity index (χ2v) is 8.82. The standard InChI is InChI=1S/C23H35N5O2S.HI/c1-5-20-17(2)31-22(27-20)10-11-25-23(24-3)26-16-21(28-12-14-30-15-13-28)18-6-8-19(29-4)9-7-18;/h6-9,21H,5,10-16H2,1-4H3,(H2,24,25,26);1H. The Bertz CT molecular complexity index is 837. The third kappa shape index (κ3) is 7.57. The topological polar surface area (TPSA) is 71.0 Å². The molecule has 1 unspecified atom stereocenters. The lowest BCUT2D eigenvalue weighted by Crippen LogP contribution is -2.46. The van der Waals surface area contributed by atoms with Crippen molar-refractivity contribution in [3.8, 4) is 5.75 Å². The minimum absolute atomic E-state index is 0. The van der Waals surface area contributed by atoms with Crippen molar-refractivity contribution in [1.29, 1.82) is 0 Å². The van der Waals surface area contributed by atoms with Gasteiger partial charge in [0.2, 0.25) is 0 Å². The normalized spacial score (nSPS) is 15.7. The molecule has 178 valence electrons. The fraction of sp³-hybridized carbons (Fsp3) is 0.565. The molecular weight excluding hydrogens is 537 g/mol. The number of guanidine groups is 1. The average Bonchev–Trinajstić information content (AvgIpc) is 3.18. The highest BCUT2D eigenvalue weighted by Crippen LogP contribution is 2.23. The van der Waals surface area contributed by atoms with Crippen molar-refractivity contribution in [2.75, 3.05) is 53.6 Å². The summed E-state index contributed by atoms with van der Waals surface area (Å²) in [6.07, 6.45) is 1.89. The van der Waals surface area contributed by atoms with Crippen LogP contribution in [0.3, 0.4) is 0 Å². The number of ether oxygens (including phenoxy) is 2. The van der Waals surface area contributed by atoms with E-state index in [1.54, 1.807) is 18.4 Å². The summed E-state index contributed by atoms with van der Waals surface area (Å²) in [6.45, 7) is 9.27. The van der Waals surface area contributed by atoms with Crippen LogP contribution in [0.4, 0.5) is 0 Å². The van der Waals surface area contributed by atoms with Gasteiger partial charge in [0.15, 0.2) is 5.96 Å². The van der Waals surface area contributed by atoms with Crippen LogP contribution in [0.5, 0.6) is 5.75 Å². The lowest BCUT2D eigenvalue weighted by Gasteiger charge is -2.35. The molecule has 2 aromatic rings. The third-order valence-electron chi connectivity index (χ3n) is 5.58. The van der Waals surface area contributed by atoms with Crippen molar-refractivity contribution >= 4 is 41.3 Å². The average molecular weight is 574 g/mol. The molecule has 1 fully saturated rings. The summed E-state index contributed by atoms with van der Waals surface area (Å²) in [5, 5.41) is 8.13. The molecule has 2 N–H and O–H groups in total. The van der Waals surface area contributed by atoms with Gasteiger partial charge in [0.1, 0.15) is 5.75 Å². The summed E-state index contributed by atoms with van der Waals surface area (Å²) in [5.41, 5.74) is 2.48. The smallest absolute Gasteiger partial charge is 0.191 e. The van der Waals surface area contributed by atoms with Crippen LogP contribution in [0, 0.1) is 6.92 Å². The van der Waals surface area contributed by atoms with Gasteiger partial charge < -0.3 is 20.1 Å². The molecule has 0 spiro atoms. The summed E-state index contributed by atoms with van der Waals surface area (Å²) in [4.78, 5) is 12.9. The number of thiazole rings is 1. The molecule has 0 saturated carbocycles. The Hall–Kier alpha value is -1.43. The van der Waals surface area contributed by atoms with Gasteiger partial charge in [0.05, 0.1) is 37.1 Å². The van der Waals surface area contributed by atoms with Crippen molar-refractivity contribution in [2.24, 2.45) is 4.99 Å². The van der Waals surface area contributed by atoms with Crippen LogP contribution in [-0.4, -0.2) is 69.4 Å². The summed E-state index contributed by atoms with van der Waals surface area (Å²) in [6, 6.07) is 8.58. The highest BCUT2D eigenvalue weighted by Gasteiger charge is 2.23.